The molecule has 16 rings (SSSR count). The summed E-state index contributed by atoms with van der Waals surface area (Å²) in [5, 5.41) is 11.8. The molecule has 5 heterocycles. The third-order valence-electron chi connectivity index (χ3n) is 15.0. The van der Waals surface area contributed by atoms with E-state index in [2.05, 4.69) is 238 Å². The van der Waals surface area contributed by atoms with Crippen molar-refractivity contribution in [3.05, 3.63) is 237 Å². The van der Waals surface area contributed by atoms with Crippen LogP contribution in [0.25, 0.3) is 149 Å². The Bertz CT molecular complexity index is 4590. The van der Waals surface area contributed by atoms with Gasteiger partial charge in [-0.05, 0) is 83.9 Å². The lowest BCUT2D eigenvalue weighted by Crippen LogP contribution is -1.96. The lowest BCUT2D eigenvalue weighted by atomic mass is 10.0. The summed E-state index contributed by atoms with van der Waals surface area (Å²) in [6.07, 6.45) is 0. The molecule has 0 N–H and O–H groups in total. The van der Waals surface area contributed by atoms with Gasteiger partial charge in [0.15, 0.2) is 0 Å². The van der Waals surface area contributed by atoms with E-state index in [1.807, 2.05) is 12.1 Å². The molecule has 330 valence electrons. The predicted molar refractivity (Wildman–Crippen MR) is 295 cm³/mol. The van der Waals surface area contributed by atoms with Crippen molar-refractivity contribution in [1.82, 2.24) is 13.7 Å². The number of furan rings is 2. The zero-order chi connectivity index (χ0) is 46.3. The van der Waals surface area contributed by atoms with Crippen molar-refractivity contribution >= 4 is 109 Å². The Hall–Kier alpha value is -9.58. The van der Waals surface area contributed by atoms with Crippen LogP contribution < -0.4 is 0 Å². The van der Waals surface area contributed by atoms with Crippen LogP contribution in [0.2, 0.25) is 0 Å². The third-order valence-corrected chi connectivity index (χ3v) is 15.0. The molecule has 0 radical (unpaired) electrons. The maximum absolute atomic E-state index is 6.56. The highest BCUT2D eigenvalue weighted by atomic mass is 16.3. The summed E-state index contributed by atoms with van der Waals surface area (Å²) in [6.45, 7) is 0. The van der Waals surface area contributed by atoms with Crippen LogP contribution in [0.5, 0.6) is 0 Å². The number of aromatic nitrogens is 3. The van der Waals surface area contributed by atoms with Gasteiger partial charge in [-0.3, -0.25) is 0 Å². The highest BCUT2D eigenvalue weighted by molar-refractivity contribution is 6.31. The minimum Gasteiger partial charge on any atom is -0.455 e. The van der Waals surface area contributed by atoms with Crippen LogP contribution in [0.3, 0.4) is 0 Å². The molecule has 71 heavy (non-hydrogen) atoms. The molecule has 0 unspecified atom stereocenters. The zero-order valence-electron chi connectivity index (χ0n) is 38.2. The number of para-hydroxylation sites is 7. The van der Waals surface area contributed by atoms with Crippen LogP contribution >= 0.6 is 0 Å². The second kappa shape index (κ2) is 14.5. The van der Waals surface area contributed by atoms with E-state index in [0.29, 0.717) is 0 Å². The van der Waals surface area contributed by atoms with Crippen LogP contribution in [0.15, 0.2) is 245 Å². The van der Waals surface area contributed by atoms with Crippen molar-refractivity contribution in [3.8, 4) is 39.3 Å². The molecule has 5 nitrogen and oxygen atoms in total. The third kappa shape index (κ3) is 5.34. The van der Waals surface area contributed by atoms with Gasteiger partial charge in [0.05, 0.1) is 33.1 Å². The first-order valence-electron chi connectivity index (χ1n) is 24.3. The maximum Gasteiger partial charge on any atom is 0.143 e. The molecule has 16 aromatic rings. The average Bonchev–Trinajstić information content (AvgIpc) is 4.25. The lowest BCUT2D eigenvalue weighted by molar-refractivity contribution is 0.669. The average molecular weight is 906 g/mol. The second-order valence-electron chi connectivity index (χ2n) is 18.7. The monoisotopic (exact) mass is 905 g/mol. The molecule has 0 saturated carbocycles. The largest absolute Gasteiger partial charge is 0.455 e. The standard InChI is InChI=1S/C66H39N3O2/c1-2-18-42(19-3-1)69-63-49(34-36-57-61(63)53-24-4-8-30-55(53)67(57)43-20-12-16-40(38-43)45-26-14-28-51-47-22-6-10-32-59(47)70-65(45)51)50-35-37-58-62(64(50)69)54-25-5-9-31-56(54)68(58)44-21-13-17-41(39-44)46-27-15-29-52-48-23-7-11-33-60(48)71-66(46)52/h1-39H. The smallest absolute Gasteiger partial charge is 0.143 e. The minimum absolute atomic E-state index is 0.899. The molecule has 0 amide bonds. The number of rotatable bonds is 5. The number of fused-ring (bicyclic) bond motifs is 17. The quantitative estimate of drug-likeness (QED) is 0.173. The first-order chi connectivity index (χ1) is 35.2. The van der Waals surface area contributed by atoms with Crippen LogP contribution in [-0.4, -0.2) is 13.7 Å². The molecular weight excluding hydrogens is 867 g/mol. The van der Waals surface area contributed by atoms with Crippen molar-refractivity contribution in [1.29, 1.82) is 0 Å². The maximum atomic E-state index is 6.56. The van der Waals surface area contributed by atoms with E-state index in [0.717, 1.165) is 105 Å². The Labute approximate surface area is 405 Å². The molecule has 0 saturated heterocycles. The van der Waals surface area contributed by atoms with Crippen LogP contribution in [0, 0.1) is 0 Å². The van der Waals surface area contributed by atoms with Crippen LogP contribution in [-0.2, 0) is 0 Å². The fourth-order valence-electron chi connectivity index (χ4n) is 12.1. The molecule has 5 heteroatoms. The molecule has 0 spiro atoms. The molecule has 0 bridgehead atoms. The first-order valence-corrected chi connectivity index (χ1v) is 24.3. The molecule has 0 fully saturated rings. The lowest BCUT2D eigenvalue weighted by Gasteiger charge is -2.12. The van der Waals surface area contributed by atoms with E-state index in [9.17, 15) is 0 Å². The second-order valence-corrected chi connectivity index (χ2v) is 18.7. The molecule has 11 aromatic carbocycles. The highest BCUT2D eigenvalue weighted by Crippen LogP contribution is 2.47. The Kier molecular flexibility index (Phi) is 7.82. The Balaban J connectivity index is 0.960. The Morgan fingerprint density at radius 3 is 1.17 bits per heavy atom. The van der Waals surface area contributed by atoms with Gasteiger partial charge in [0.25, 0.3) is 0 Å². The zero-order valence-corrected chi connectivity index (χ0v) is 38.2. The van der Waals surface area contributed by atoms with Crippen molar-refractivity contribution < 1.29 is 8.83 Å². The van der Waals surface area contributed by atoms with Gasteiger partial charge in [-0.2, -0.15) is 0 Å². The molecule has 0 aliphatic rings. The van der Waals surface area contributed by atoms with E-state index >= 15 is 0 Å². The van der Waals surface area contributed by atoms with Gasteiger partial charge in [-0.1, -0.05) is 164 Å². The predicted octanol–water partition coefficient (Wildman–Crippen LogP) is 18.1. The van der Waals surface area contributed by atoms with Gasteiger partial charge in [-0.25, -0.2) is 0 Å². The summed E-state index contributed by atoms with van der Waals surface area (Å²) in [4.78, 5) is 0. The molecule has 5 aromatic heterocycles. The molecule has 0 aliphatic carbocycles. The Morgan fingerprint density at radius 2 is 0.662 bits per heavy atom. The fraction of sp³-hybridized carbons (Fsp3) is 0. The highest BCUT2D eigenvalue weighted by Gasteiger charge is 2.25. The number of benzene rings is 11. The summed E-state index contributed by atoms with van der Waals surface area (Å²) in [6, 6.07) is 85.5. The number of hydrogen-bond acceptors (Lipinski definition) is 2. The molecular formula is C66H39N3O2. The SMILES string of the molecule is c1ccc(-n2c3c(ccc4c3c3ccccc3n4-c3cccc(-c4cccc5c4oc4ccccc45)c3)c3ccc4c(c5ccccc5n4-c4cccc(-c5cccc6c5oc5ccccc56)c4)c32)cc1. The van der Waals surface area contributed by atoms with Gasteiger partial charge < -0.3 is 22.5 Å². The normalized spacial score (nSPS) is 12.2. The van der Waals surface area contributed by atoms with Gasteiger partial charge >= 0.3 is 0 Å². The van der Waals surface area contributed by atoms with Crippen LogP contribution in [0.1, 0.15) is 0 Å². The van der Waals surface area contributed by atoms with Crippen molar-refractivity contribution in [3.63, 3.8) is 0 Å². The summed E-state index contributed by atoms with van der Waals surface area (Å²) in [7, 11) is 0. The summed E-state index contributed by atoms with van der Waals surface area (Å²) in [5.41, 5.74) is 18.2. The van der Waals surface area contributed by atoms with E-state index in [1.165, 1.54) is 43.4 Å². The molecule has 0 aliphatic heterocycles. The Morgan fingerprint density at radius 1 is 0.254 bits per heavy atom. The van der Waals surface area contributed by atoms with E-state index in [1.54, 1.807) is 0 Å². The van der Waals surface area contributed by atoms with Crippen molar-refractivity contribution in [2.75, 3.05) is 0 Å². The number of hydrogen-bond donors (Lipinski definition) is 0. The summed E-state index contributed by atoms with van der Waals surface area (Å²) in [5.74, 6) is 0. The summed E-state index contributed by atoms with van der Waals surface area (Å²) < 4.78 is 20.5. The van der Waals surface area contributed by atoms with Gasteiger partial charge in [0, 0.05) is 82.1 Å². The van der Waals surface area contributed by atoms with Crippen LogP contribution in [0.4, 0.5) is 0 Å². The van der Waals surface area contributed by atoms with Crippen molar-refractivity contribution in [2.24, 2.45) is 0 Å². The molecule has 0 atom stereocenters. The fourth-order valence-corrected chi connectivity index (χ4v) is 12.1. The van der Waals surface area contributed by atoms with Gasteiger partial charge in [-0.15, -0.1) is 0 Å². The minimum atomic E-state index is 0.899. The van der Waals surface area contributed by atoms with E-state index in [4.69, 9.17) is 8.83 Å². The van der Waals surface area contributed by atoms with Gasteiger partial charge in [0.1, 0.15) is 22.3 Å². The van der Waals surface area contributed by atoms with E-state index < -0.39 is 0 Å². The summed E-state index contributed by atoms with van der Waals surface area (Å²) >= 11 is 0. The van der Waals surface area contributed by atoms with E-state index in [-0.39, 0.29) is 0 Å². The first kappa shape index (κ1) is 38.4. The number of nitrogens with zero attached hydrogens (tertiary/aromatic N) is 3. The van der Waals surface area contributed by atoms with Crippen molar-refractivity contribution in [2.45, 2.75) is 0 Å². The van der Waals surface area contributed by atoms with Gasteiger partial charge in [0.2, 0.25) is 0 Å². The topological polar surface area (TPSA) is 41.1 Å².